The van der Waals surface area contributed by atoms with Crippen molar-refractivity contribution in [3.63, 3.8) is 0 Å². The van der Waals surface area contributed by atoms with Gasteiger partial charge in [0, 0.05) is 19.3 Å². The van der Waals surface area contributed by atoms with Crippen LogP contribution >= 0.6 is 0 Å². The molecule has 0 radical (unpaired) electrons. The molecule has 6 nitrogen and oxygen atoms in total. The zero-order valence-corrected chi connectivity index (χ0v) is 45.2. The summed E-state index contributed by atoms with van der Waals surface area (Å²) in [4.78, 5) is 38.2. The minimum Gasteiger partial charge on any atom is -0.462 e. The monoisotopic (exact) mass is 933 g/mol. The topological polar surface area (TPSA) is 78.9 Å². The number of hydrogen-bond acceptors (Lipinski definition) is 6. The second kappa shape index (κ2) is 54.4. The Morgan fingerprint density at radius 2 is 0.500 bits per heavy atom. The van der Waals surface area contributed by atoms with Crippen molar-refractivity contribution >= 4 is 17.9 Å². The lowest BCUT2D eigenvalue weighted by Crippen LogP contribution is -2.30. The van der Waals surface area contributed by atoms with Gasteiger partial charge < -0.3 is 14.2 Å². The Kier molecular flexibility index (Phi) is 53.0. The van der Waals surface area contributed by atoms with Crippen LogP contribution in [0.25, 0.3) is 0 Å². The molecule has 0 aromatic carbocycles. The van der Waals surface area contributed by atoms with E-state index in [9.17, 15) is 14.4 Å². The third-order valence-electron chi connectivity index (χ3n) is 13.8. The molecule has 0 saturated carbocycles. The molecular weight excluding hydrogens is 817 g/mol. The van der Waals surface area contributed by atoms with Gasteiger partial charge in [-0.05, 0) is 25.2 Å². The third-order valence-corrected chi connectivity index (χ3v) is 13.8. The van der Waals surface area contributed by atoms with Gasteiger partial charge >= 0.3 is 17.9 Å². The van der Waals surface area contributed by atoms with Crippen molar-refractivity contribution in [1.29, 1.82) is 0 Å². The summed E-state index contributed by atoms with van der Waals surface area (Å²) in [5.41, 5.74) is 0. The highest BCUT2D eigenvalue weighted by atomic mass is 16.6. The van der Waals surface area contributed by atoms with Crippen LogP contribution in [0.2, 0.25) is 0 Å². The van der Waals surface area contributed by atoms with E-state index >= 15 is 0 Å². The molecule has 0 saturated heterocycles. The maximum atomic E-state index is 12.9. The third kappa shape index (κ3) is 53.4. The Morgan fingerprint density at radius 1 is 0.288 bits per heavy atom. The van der Waals surface area contributed by atoms with Crippen LogP contribution in [0.15, 0.2) is 0 Å². The van der Waals surface area contributed by atoms with E-state index in [0.29, 0.717) is 19.3 Å². The van der Waals surface area contributed by atoms with Crippen LogP contribution in [0.5, 0.6) is 0 Å². The molecule has 0 N–H and O–H groups in total. The molecule has 0 aromatic heterocycles. The fourth-order valence-corrected chi connectivity index (χ4v) is 9.28. The molecule has 1 atom stereocenters. The molecule has 0 heterocycles. The minimum absolute atomic E-state index is 0.0615. The summed E-state index contributed by atoms with van der Waals surface area (Å²) in [6, 6.07) is 0. The van der Waals surface area contributed by atoms with E-state index in [1.54, 1.807) is 0 Å². The van der Waals surface area contributed by atoms with Crippen molar-refractivity contribution in [2.75, 3.05) is 13.2 Å². The first-order valence-corrected chi connectivity index (χ1v) is 29.9. The fourth-order valence-electron chi connectivity index (χ4n) is 9.28. The fraction of sp³-hybridized carbons (Fsp3) is 0.950. The number of esters is 3. The summed E-state index contributed by atoms with van der Waals surface area (Å²) in [5, 5.41) is 0. The minimum atomic E-state index is -0.762. The number of carbonyl (C=O) groups is 3. The Hall–Kier alpha value is -1.59. The van der Waals surface area contributed by atoms with Gasteiger partial charge in [0.2, 0.25) is 0 Å². The highest BCUT2D eigenvalue weighted by molar-refractivity contribution is 5.71. The molecule has 6 heteroatoms. The SMILES string of the molecule is CCCCCCCCCCCCCCCCCCC(=O)O[C@H](COC(=O)CCCCCCCCCCCCCCC)COC(=O)CCCCCCCCCCCCCCCCCCC(C)C. The molecule has 0 aliphatic carbocycles. The summed E-state index contributed by atoms with van der Waals surface area (Å²) < 4.78 is 16.9. The maximum absolute atomic E-state index is 12.9. The van der Waals surface area contributed by atoms with Crippen LogP contribution in [-0.2, 0) is 28.6 Å². The normalized spacial score (nSPS) is 12.0. The summed E-state index contributed by atoms with van der Waals surface area (Å²) in [6.07, 6.45) is 59.5. The molecule has 0 unspecified atom stereocenters. The van der Waals surface area contributed by atoms with Crippen LogP contribution < -0.4 is 0 Å². The van der Waals surface area contributed by atoms with E-state index in [1.165, 1.54) is 238 Å². The number of carbonyl (C=O) groups excluding carboxylic acids is 3. The van der Waals surface area contributed by atoms with Crippen LogP contribution in [0.4, 0.5) is 0 Å². The van der Waals surface area contributed by atoms with Crippen LogP contribution in [-0.4, -0.2) is 37.2 Å². The van der Waals surface area contributed by atoms with Crippen LogP contribution in [0.3, 0.4) is 0 Å². The van der Waals surface area contributed by atoms with Gasteiger partial charge in [0.25, 0.3) is 0 Å². The number of unbranched alkanes of at least 4 members (excludes halogenated alkanes) is 42. The highest BCUT2D eigenvalue weighted by Crippen LogP contribution is 2.18. The summed E-state index contributed by atoms with van der Waals surface area (Å²) in [6.45, 7) is 9.08. The number of ether oxygens (including phenoxy) is 3. The van der Waals surface area contributed by atoms with E-state index in [-0.39, 0.29) is 31.1 Å². The van der Waals surface area contributed by atoms with Gasteiger partial charge in [0.05, 0.1) is 0 Å². The average molecular weight is 934 g/mol. The maximum Gasteiger partial charge on any atom is 0.306 e. The van der Waals surface area contributed by atoms with Gasteiger partial charge in [0.15, 0.2) is 6.10 Å². The molecule has 66 heavy (non-hydrogen) atoms. The Labute approximate surface area is 412 Å². The molecule has 0 bridgehead atoms. The first kappa shape index (κ1) is 64.4. The van der Waals surface area contributed by atoms with Crippen LogP contribution in [0.1, 0.15) is 342 Å². The highest BCUT2D eigenvalue weighted by Gasteiger charge is 2.19. The number of hydrogen-bond donors (Lipinski definition) is 0. The molecule has 0 amide bonds. The van der Waals surface area contributed by atoms with Crippen molar-refractivity contribution in [1.82, 2.24) is 0 Å². The van der Waals surface area contributed by atoms with Crippen molar-refractivity contribution in [3.8, 4) is 0 Å². The summed E-state index contributed by atoms with van der Waals surface area (Å²) in [7, 11) is 0. The van der Waals surface area contributed by atoms with E-state index in [0.717, 1.165) is 63.7 Å². The van der Waals surface area contributed by atoms with E-state index in [2.05, 4.69) is 27.7 Å². The number of rotatable bonds is 55. The Bertz CT molecular complexity index is 996. The van der Waals surface area contributed by atoms with E-state index in [4.69, 9.17) is 14.2 Å². The van der Waals surface area contributed by atoms with Crippen molar-refractivity contribution < 1.29 is 28.6 Å². The smallest absolute Gasteiger partial charge is 0.306 e. The van der Waals surface area contributed by atoms with Gasteiger partial charge in [-0.2, -0.15) is 0 Å². The summed E-state index contributed by atoms with van der Waals surface area (Å²) in [5.74, 6) is 0.0207. The van der Waals surface area contributed by atoms with Gasteiger partial charge in [0.1, 0.15) is 13.2 Å². The first-order chi connectivity index (χ1) is 32.4. The Morgan fingerprint density at radius 3 is 0.742 bits per heavy atom. The molecule has 0 aliphatic heterocycles. The molecule has 392 valence electrons. The van der Waals surface area contributed by atoms with Crippen molar-refractivity contribution in [2.45, 2.75) is 348 Å². The molecule has 0 aromatic rings. The molecule has 0 rings (SSSR count). The largest absolute Gasteiger partial charge is 0.462 e. The molecule has 0 spiro atoms. The van der Waals surface area contributed by atoms with E-state index in [1.807, 2.05) is 0 Å². The Balaban J connectivity index is 4.27. The zero-order chi connectivity index (χ0) is 48.1. The second-order valence-corrected chi connectivity index (χ2v) is 21.1. The zero-order valence-electron chi connectivity index (χ0n) is 45.2. The second-order valence-electron chi connectivity index (χ2n) is 21.1. The molecule has 0 fully saturated rings. The van der Waals surface area contributed by atoms with Gasteiger partial charge in [-0.1, -0.05) is 304 Å². The van der Waals surface area contributed by atoms with Crippen LogP contribution in [0, 0.1) is 5.92 Å². The predicted molar refractivity (Wildman–Crippen MR) is 284 cm³/mol. The lowest BCUT2D eigenvalue weighted by atomic mass is 10.0. The lowest BCUT2D eigenvalue weighted by Gasteiger charge is -2.18. The van der Waals surface area contributed by atoms with Crippen molar-refractivity contribution in [2.24, 2.45) is 5.92 Å². The summed E-state index contributed by atoms with van der Waals surface area (Å²) >= 11 is 0. The van der Waals surface area contributed by atoms with Gasteiger partial charge in [-0.3, -0.25) is 14.4 Å². The van der Waals surface area contributed by atoms with Gasteiger partial charge in [-0.15, -0.1) is 0 Å². The van der Waals surface area contributed by atoms with Gasteiger partial charge in [-0.25, -0.2) is 0 Å². The average Bonchev–Trinajstić information content (AvgIpc) is 3.30. The lowest BCUT2D eigenvalue weighted by molar-refractivity contribution is -0.167. The standard InChI is InChI=1S/C60H116O6/c1-5-7-9-11-13-15-17-19-20-24-29-33-37-41-45-49-53-60(63)66-57(54-64-58(61)51-47-43-39-35-31-26-18-16-14-12-10-8-6-2)55-65-59(62)52-48-44-40-36-32-28-25-22-21-23-27-30-34-38-42-46-50-56(3)4/h56-57H,5-55H2,1-4H3/t57-/m1/s1. The molecular formula is C60H116O6. The van der Waals surface area contributed by atoms with Crippen molar-refractivity contribution in [3.05, 3.63) is 0 Å². The first-order valence-electron chi connectivity index (χ1n) is 29.9. The predicted octanol–water partition coefficient (Wildman–Crippen LogP) is 19.8. The quantitative estimate of drug-likeness (QED) is 0.0343. The van der Waals surface area contributed by atoms with E-state index < -0.39 is 6.10 Å². The molecule has 0 aliphatic rings.